The summed E-state index contributed by atoms with van der Waals surface area (Å²) in [6.45, 7) is 3.30. The lowest BCUT2D eigenvalue weighted by molar-refractivity contribution is -0.118. The van der Waals surface area contributed by atoms with Crippen molar-refractivity contribution in [1.82, 2.24) is 30.6 Å². The van der Waals surface area contributed by atoms with Gasteiger partial charge in [-0.3, -0.25) is 4.79 Å². The number of H-pyrrole nitrogens is 1. The Bertz CT molecular complexity index is 1260. The molecule has 1 aliphatic carbocycles. The summed E-state index contributed by atoms with van der Waals surface area (Å²) >= 11 is 0. The van der Waals surface area contributed by atoms with Crippen LogP contribution in [-0.2, 0) is 14.6 Å². The fraction of sp³-hybridized carbons (Fsp3) is 0.500. The lowest BCUT2D eigenvalue weighted by Gasteiger charge is -2.21. The Morgan fingerprint density at radius 2 is 1.86 bits per heavy atom. The number of carbonyl (C=O) groups is 1. The number of nitrogens with zero attached hydrogens (tertiary/aromatic N) is 3. The molecule has 2 aromatic heterocycles. The molecule has 1 fully saturated rings. The van der Waals surface area contributed by atoms with Crippen molar-refractivity contribution < 1.29 is 17.9 Å². The predicted octanol–water partition coefficient (Wildman–Crippen LogP) is 2.55. The van der Waals surface area contributed by atoms with Crippen molar-refractivity contribution in [1.29, 1.82) is 0 Å². The summed E-state index contributed by atoms with van der Waals surface area (Å²) in [6, 6.07) is 6.47. The maximum atomic E-state index is 12.6. The topological polar surface area (TPSA) is 151 Å². The first-order valence-electron chi connectivity index (χ1n) is 12.3. The Balaban J connectivity index is 1.36. The number of ether oxygens (including phenoxy) is 1. The first-order chi connectivity index (χ1) is 17.4. The quantitative estimate of drug-likeness (QED) is 0.267. The van der Waals surface area contributed by atoms with Gasteiger partial charge in [0.25, 0.3) is 0 Å². The van der Waals surface area contributed by atoms with Crippen LogP contribution < -0.4 is 20.7 Å². The van der Waals surface area contributed by atoms with Gasteiger partial charge in [0.05, 0.1) is 23.6 Å². The first-order valence-corrected chi connectivity index (χ1v) is 13.9. The van der Waals surface area contributed by atoms with Gasteiger partial charge in [-0.05, 0) is 43.0 Å². The van der Waals surface area contributed by atoms with E-state index in [4.69, 9.17) is 4.74 Å². The number of anilines is 2. The van der Waals surface area contributed by atoms with Crippen LogP contribution in [-0.4, -0.2) is 66.3 Å². The summed E-state index contributed by atoms with van der Waals surface area (Å²) < 4.78 is 31.3. The molecule has 1 aliphatic rings. The Morgan fingerprint density at radius 3 is 2.61 bits per heavy atom. The normalized spacial score (nSPS) is 14.6. The second-order valence-corrected chi connectivity index (χ2v) is 11.1. The summed E-state index contributed by atoms with van der Waals surface area (Å²) in [4.78, 5) is 27.3. The van der Waals surface area contributed by atoms with E-state index in [9.17, 15) is 13.2 Å². The number of aromatic amines is 1. The molecule has 11 nitrogen and oxygen atoms in total. The number of rotatable bonds is 12. The van der Waals surface area contributed by atoms with Gasteiger partial charge in [-0.2, -0.15) is 9.97 Å². The number of aromatic nitrogens is 4. The molecule has 4 rings (SSSR count). The molecule has 2 heterocycles. The zero-order valence-corrected chi connectivity index (χ0v) is 21.2. The van der Waals surface area contributed by atoms with Gasteiger partial charge in [0.15, 0.2) is 15.5 Å². The molecule has 4 N–H and O–H groups in total. The summed E-state index contributed by atoms with van der Waals surface area (Å²) in [5, 5.41) is 8.79. The zero-order valence-electron chi connectivity index (χ0n) is 20.4. The van der Waals surface area contributed by atoms with Crippen LogP contribution in [0.25, 0.3) is 11.2 Å². The maximum Gasteiger partial charge on any atom is 0.245 e. The van der Waals surface area contributed by atoms with E-state index in [2.05, 4.69) is 35.9 Å². The van der Waals surface area contributed by atoms with Crippen LogP contribution in [0.4, 0.5) is 11.6 Å². The smallest absolute Gasteiger partial charge is 0.245 e. The van der Waals surface area contributed by atoms with E-state index >= 15 is 0 Å². The summed E-state index contributed by atoms with van der Waals surface area (Å²) in [6.07, 6.45) is 7.68. The highest BCUT2D eigenvalue weighted by atomic mass is 32.2. The summed E-state index contributed by atoms with van der Waals surface area (Å²) in [7, 11) is -3.44. The van der Waals surface area contributed by atoms with Crippen molar-refractivity contribution in [2.75, 3.05) is 37.3 Å². The van der Waals surface area contributed by atoms with Gasteiger partial charge >= 0.3 is 0 Å². The third kappa shape index (κ3) is 7.14. The van der Waals surface area contributed by atoms with Crippen molar-refractivity contribution in [2.45, 2.75) is 43.9 Å². The zero-order chi connectivity index (χ0) is 25.4. The highest BCUT2D eigenvalue weighted by Crippen LogP contribution is 2.27. The van der Waals surface area contributed by atoms with Crippen molar-refractivity contribution in [3.05, 3.63) is 30.6 Å². The number of amides is 1. The minimum absolute atomic E-state index is 0.0412. The van der Waals surface area contributed by atoms with E-state index in [0.29, 0.717) is 60.8 Å². The van der Waals surface area contributed by atoms with Crippen molar-refractivity contribution in [3.63, 3.8) is 0 Å². The van der Waals surface area contributed by atoms with E-state index in [0.717, 1.165) is 0 Å². The minimum Gasteiger partial charge on any atom is -0.476 e. The van der Waals surface area contributed by atoms with Crippen LogP contribution in [0.5, 0.6) is 5.88 Å². The minimum atomic E-state index is -3.44. The number of fused-ring (bicyclic) bond motifs is 1. The number of carbonyl (C=O) groups excluding carboxylic acids is 1. The van der Waals surface area contributed by atoms with Gasteiger partial charge in [-0.1, -0.05) is 19.3 Å². The fourth-order valence-electron chi connectivity index (χ4n) is 4.17. The molecule has 0 unspecified atom stereocenters. The lowest BCUT2D eigenvalue weighted by Crippen LogP contribution is -2.32. The number of hydrogen-bond acceptors (Lipinski definition) is 9. The number of imidazole rings is 1. The number of benzene rings is 1. The van der Waals surface area contributed by atoms with E-state index in [1.807, 2.05) is 0 Å². The largest absolute Gasteiger partial charge is 0.476 e. The van der Waals surface area contributed by atoms with Crippen molar-refractivity contribution in [3.8, 4) is 5.88 Å². The van der Waals surface area contributed by atoms with Crippen LogP contribution >= 0.6 is 0 Å². The lowest BCUT2D eigenvalue weighted by atomic mass is 9.90. The second kappa shape index (κ2) is 12.1. The molecule has 1 saturated carbocycles. The van der Waals surface area contributed by atoms with Crippen LogP contribution in [0.15, 0.2) is 35.5 Å². The van der Waals surface area contributed by atoms with Crippen LogP contribution in [0, 0.1) is 5.92 Å². The fourth-order valence-corrected chi connectivity index (χ4v) is 5.37. The molecule has 0 saturated heterocycles. The van der Waals surface area contributed by atoms with Gasteiger partial charge in [0, 0.05) is 32.2 Å². The SMILES string of the molecule is CC(=O)NCCNCCS(=O)(=O)c1ccc(Nc2nc(OCC3CCCCC3)c3[nH]cnc3n2)cc1. The van der Waals surface area contributed by atoms with Crippen molar-refractivity contribution >= 4 is 38.5 Å². The molecule has 1 amide bonds. The third-order valence-electron chi connectivity index (χ3n) is 6.13. The Labute approximate surface area is 210 Å². The van der Waals surface area contributed by atoms with Crippen LogP contribution in [0.1, 0.15) is 39.0 Å². The third-order valence-corrected chi connectivity index (χ3v) is 7.86. The highest BCUT2D eigenvalue weighted by molar-refractivity contribution is 7.91. The van der Waals surface area contributed by atoms with E-state index in [1.54, 1.807) is 30.6 Å². The molecule has 1 aromatic carbocycles. The highest BCUT2D eigenvalue weighted by Gasteiger charge is 2.18. The molecular formula is C24H33N7O4S. The summed E-state index contributed by atoms with van der Waals surface area (Å²) in [5.41, 5.74) is 1.80. The van der Waals surface area contributed by atoms with E-state index in [-0.39, 0.29) is 16.6 Å². The molecule has 12 heteroatoms. The average Bonchev–Trinajstić information content (AvgIpc) is 3.34. The standard InChI is InChI=1S/C24H33N7O4S/c1-17(32)26-12-11-25-13-14-36(33,34)20-9-7-19(8-10-20)29-24-30-22-21(27-16-28-22)23(31-24)35-15-18-5-3-2-4-6-18/h7-10,16,18,25H,2-6,11-15H2,1H3,(H,26,32)(H2,27,28,29,30,31). The second-order valence-electron chi connectivity index (χ2n) is 8.97. The molecule has 0 spiro atoms. The van der Waals surface area contributed by atoms with Gasteiger partial charge in [0.1, 0.15) is 5.52 Å². The molecule has 0 radical (unpaired) electrons. The number of nitrogens with one attached hydrogen (secondary N) is 4. The Hall–Kier alpha value is -3.25. The monoisotopic (exact) mass is 515 g/mol. The molecule has 36 heavy (non-hydrogen) atoms. The first kappa shape index (κ1) is 25.8. The van der Waals surface area contributed by atoms with Crippen molar-refractivity contribution in [2.24, 2.45) is 5.92 Å². The molecule has 194 valence electrons. The average molecular weight is 516 g/mol. The molecule has 0 bridgehead atoms. The molecule has 3 aromatic rings. The van der Waals surface area contributed by atoms with E-state index in [1.165, 1.54) is 39.0 Å². The van der Waals surface area contributed by atoms with Crippen LogP contribution in [0.2, 0.25) is 0 Å². The maximum absolute atomic E-state index is 12.6. The number of hydrogen-bond donors (Lipinski definition) is 4. The predicted molar refractivity (Wildman–Crippen MR) is 137 cm³/mol. The van der Waals surface area contributed by atoms with Gasteiger partial charge < -0.3 is 25.7 Å². The van der Waals surface area contributed by atoms with E-state index < -0.39 is 9.84 Å². The van der Waals surface area contributed by atoms with Gasteiger partial charge in [0.2, 0.25) is 17.7 Å². The summed E-state index contributed by atoms with van der Waals surface area (Å²) in [5.74, 6) is 1.16. The number of sulfone groups is 1. The van der Waals surface area contributed by atoms with Gasteiger partial charge in [-0.25, -0.2) is 13.4 Å². The molecule has 0 atom stereocenters. The van der Waals surface area contributed by atoms with Gasteiger partial charge in [-0.15, -0.1) is 0 Å². The molecule has 0 aliphatic heterocycles. The Morgan fingerprint density at radius 1 is 1.08 bits per heavy atom. The van der Waals surface area contributed by atoms with Crippen LogP contribution in [0.3, 0.4) is 0 Å². The Kier molecular flexibility index (Phi) is 8.70. The molecular weight excluding hydrogens is 482 g/mol.